The predicted molar refractivity (Wildman–Crippen MR) is 127 cm³/mol. The maximum Gasteiger partial charge on any atom is 0.246 e. The van der Waals surface area contributed by atoms with Crippen molar-refractivity contribution in [1.82, 2.24) is 14.9 Å². The lowest BCUT2D eigenvalue weighted by Crippen LogP contribution is -2.29. The standard InChI is InChI=1S/C25H30ClN3O2/c1-16(2)25(30)27-19(5)24-28-21-10-6-7-11-22(21)29(24)12-8-9-13-31-20-14-17(3)23(26)18(4)15-20/h6-7,10-11,14-15,19H,1,8-9,12-13H2,2-5H3,(H,27,30). The number of para-hydroxylation sites is 2. The van der Waals surface area contributed by atoms with E-state index in [1.165, 1.54) is 0 Å². The summed E-state index contributed by atoms with van der Waals surface area (Å²) < 4.78 is 8.13. The van der Waals surface area contributed by atoms with Gasteiger partial charge in [0.15, 0.2) is 0 Å². The van der Waals surface area contributed by atoms with Crippen LogP contribution in [0.1, 0.15) is 49.7 Å². The minimum atomic E-state index is -0.215. The fraction of sp³-hybridized carbons (Fsp3) is 0.360. The summed E-state index contributed by atoms with van der Waals surface area (Å²) in [6, 6.07) is 11.8. The van der Waals surface area contributed by atoms with Crippen LogP contribution in [-0.4, -0.2) is 22.1 Å². The summed E-state index contributed by atoms with van der Waals surface area (Å²) >= 11 is 6.23. The van der Waals surface area contributed by atoms with Crippen LogP contribution in [0.25, 0.3) is 11.0 Å². The molecule has 1 unspecified atom stereocenters. The van der Waals surface area contributed by atoms with E-state index in [0.29, 0.717) is 12.2 Å². The minimum Gasteiger partial charge on any atom is -0.494 e. The number of carbonyl (C=O) groups is 1. The second kappa shape index (κ2) is 10.0. The van der Waals surface area contributed by atoms with Crippen LogP contribution < -0.4 is 10.1 Å². The van der Waals surface area contributed by atoms with Crippen LogP contribution in [0.4, 0.5) is 0 Å². The molecule has 6 heteroatoms. The van der Waals surface area contributed by atoms with Gasteiger partial charge in [-0.15, -0.1) is 0 Å². The van der Waals surface area contributed by atoms with E-state index in [4.69, 9.17) is 21.3 Å². The van der Waals surface area contributed by atoms with Crippen molar-refractivity contribution in [3.63, 3.8) is 0 Å². The number of unbranched alkanes of at least 4 members (excludes halogenated alkanes) is 1. The van der Waals surface area contributed by atoms with Crippen LogP contribution in [0, 0.1) is 13.8 Å². The number of carbonyl (C=O) groups excluding carboxylic acids is 1. The van der Waals surface area contributed by atoms with Crippen molar-refractivity contribution in [2.75, 3.05) is 6.61 Å². The number of aryl methyl sites for hydroxylation is 3. The van der Waals surface area contributed by atoms with Gasteiger partial charge in [-0.05, 0) is 75.9 Å². The first-order valence-electron chi connectivity index (χ1n) is 10.6. The Hall–Kier alpha value is -2.79. The van der Waals surface area contributed by atoms with E-state index < -0.39 is 0 Å². The zero-order chi connectivity index (χ0) is 22.5. The summed E-state index contributed by atoms with van der Waals surface area (Å²) in [6.45, 7) is 12.8. The van der Waals surface area contributed by atoms with Gasteiger partial charge in [0, 0.05) is 17.1 Å². The van der Waals surface area contributed by atoms with E-state index >= 15 is 0 Å². The van der Waals surface area contributed by atoms with Gasteiger partial charge >= 0.3 is 0 Å². The Morgan fingerprint density at radius 1 is 1.23 bits per heavy atom. The molecule has 0 radical (unpaired) electrons. The molecule has 0 bridgehead atoms. The van der Waals surface area contributed by atoms with E-state index in [1.54, 1.807) is 6.92 Å². The highest BCUT2D eigenvalue weighted by molar-refractivity contribution is 6.32. The number of fused-ring (bicyclic) bond motifs is 1. The normalized spacial score (nSPS) is 12.0. The Labute approximate surface area is 189 Å². The molecular formula is C25H30ClN3O2. The van der Waals surface area contributed by atoms with Gasteiger partial charge < -0.3 is 14.6 Å². The van der Waals surface area contributed by atoms with Crippen molar-refractivity contribution >= 4 is 28.5 Å². The van der Waals surface area contributed by atoms with Gasteiger partial charge in [0.25, 0.3) is 0 Å². The van der Waals surface area contributed by atoms with Gasteiger partial charge in [-0.2, -0.15) is 0 Å². The van der Waals surface area contributed by atoms with Gasteiger partial charge in [-0.3, -0.25) is 4.79 Å². The number of imidazole rings is 1. The monoisotopic (exact) mass is 439 g/mol. The number of benzene rings is 2. The second-order valence-corrected chi connectivity index (χ2v) is 8.39. The van der Waals surface area contributed by atoms with Crippen LogP contribution in [0.3, 0.4) is 0 Å². The molecular weight excluding hydrogens is 410 g/mol. The van der Waals surface area contributed by atoms with Crippen LogP contribution in [0.2, 0.25) is 5.02 Å². The number of nitrogens with zero attached hydrogens (tertiary/aromatic N) is 2. The molecule has 0 spiro atoms. The Bertz CT molecular complexity index is 1080. The van der Waals surface area contributed by atoms with E-state index in [1.807, 2.05) is 51.1 Å². The van der Waals surface area contributed by atoms with E-state index in [9.17, 15) is 4.79 Å². The summed E-state index contributed by atoms with van der Waals surface area (Å²) in [7, 11) is 0. The third kappa shape index (κ3) is 5.47. The fourth-order valence-corrected chi connectivity index (χ4v) is 3.70. The van der Waals surface area contributed by atoms with Gasteiger partial charge in [0.1, 0.15) is 11.6 Å². The molecule has 0 saturated carbocycles. The van der Waals surface area contributed by atoms with Crippen molar-refractivity contribution in [2.24, 2.45) is 0 Å². The summed E-state index contributed by atoms with van der Waals surface area (Å²) in [6.07, 6.45) is 1.83. The number of rotatable bonds is 9. The zero-order valence-electron chi connectivity index (χ0n) is 18.7. The first-order valence-corrected chi connectivity index (χ1v) is 11.0. The number of aromatic nitrogens is 2. The molecule has 0 aliphatic heterocycles. The summed E-state index contributed by atoms with van der Waals surface area (Å²) in [5.41, 5.74) is 4.53. The molecule has 2 aromatic carbocycles. The quantitative estimate of drug-likeness (QED) is 0.332. The first-order chi connectivity index (χ1) is 14.8. The number of amides is 1. The number of halogens is 1. The van der Waals surface area contributed by atoms with E-state index in [-0.39, 0.29) is 11.9 Å². The first kappa shape index (κ1) is 22.9. The van der Waals surface area contributed by atoms with Crippen molar-refractivity contribution in [3.05, 3.63) is 70.5 Å². The third-order valence-corrected chi connectivity index (χ3v) is 5.86. The smallest absolute Gasteiger partial charge is 0.246 e. The highest BCUT2D eigenvalue weighted by atomic mass is 35.5. The van der Waals surface area contributed by atoms with E-state index in [0.717, 1.165) is 58.1 Å². The lowest BCUT2D eigenvalue weighted by Gasteiger charge is -2.16. The predicted octanol–water partition coefficient (Wildman–Crippen LogP) is 5.92. The molecule has 5 nitrogen and oxygen atoms in total. The van der Waals surface area contributed by atoms with Crippen LogP contribution >= 0.6 is 11.6 Å². The molecule has 0 saturated heterocycles. The Kier molecular flexibility index (Phi) is 7.39. The maximum atomic E-state index is 12.1. The molecule has 0 aliphatic rings. The molecule has 1 N–H and O–H groups in total. The molecule has 164 valence electrons. The highest BCUT2D eigenvalue weighted by Crippen LogP contribution is 2.26. The average Bonchev–Trinajstić information content (AvgIpc) is 3.10. The molecule has 1 atom stereocenters. The van der Waals surface area contributed by atoms with Gasteiger partial charge in [0.2, 0.25) is 5.91 Å². The lowest BCUT2D eigenvalue weighted by atomic mass is 10.1. The summed E-state index contributed by atoms with van der Waals surface area (Å²) in [5.74, 6) is 1.54. The van der Waals surface area contributed by atoms with Crippen molar-refractivity contribution < 1.29 is 9.53 Å². The molecule has 1 aromatic heterocycles. The summed E-state index contributed by atoms with van der Waals surface area (Å²) in [5, 5.41) is 3.77. The van der Waals surface area contributed by atoms with Crippen molar-refractivity contribution in [2.45, 2.75) is 53.1 Å². The van der Waals surface area contributed by atoms with E-state index in [2.05, 4.69) is 22.5 Å². The zero-order valence-corrected chi connectivity index (χ0v) is 19.4. The van der Waals surface area contributed by atoms with Crippen LogP contribution in [0.5, 0.6) is 5.75 Å². The number of hydrogen-bond acceptors (Lipinski definition) is 3. The fourth-order valence-electron chi connectivity index (χ4n) is 3.60. The largest absolute Gasteiger partial charge is 0.494 e. The number of nitrogens with one attached hydrogen (secondary N) is 1. The molecule has 3 rings (SSSR count). The van der Waals surface area contributed by atoms with Gasteiger partial charge in [-0.25, -0.2) is 4.98 Å². The highest BCUT2D eigenvalue weighted by Gasteiger charge is 2.18. The van der Waals surface area contributed by atoms with Gasteiger partial charge in [0.05, 0.1) is 23.7 Å². The second-order valence-electron chi connectivity index (χ2n) is 8.01. The third-order valence-electron chi connectivity index (χ3n) is 5.26. The maximum absolute atomic E-state index is 12.1. The molecule has 0 aliphatic carbocycles. The Morgan fingerprint density at radius 2 is 1.90 bits per heavy atom. The van der Waals surface area contributed by atoms with Crippen LogP contribution in [-0.2, 0) is 11.3 Å². The molecule has 0 fully saturated rings. The van der Waals surface area contributed by atoms with Crippen molar-refractivity contribution in [3.8, 4) is 5.75 Å². The Morgan fingerprint density at radius 3 is 2.58 bits per heavy atom. The minimum absolute atomic E-state index is 0.159. The number of hydrogen-bond donors (Lipinski definition) is 1. The summed E-state index contributed by atoms with van der Waals surface area (Å²) in [4.78, 5) is 16.9. The molecule has 31 heavy (non-hydrogen) atoms. The Balaban J connectivity index is 1.65. The lowest BCUT2D eigenvalue weighted by molar-refractivity contribution is -0.118. The van der Waals surface area contributed by atoms with Crippen LogP contribution in [0.15, 0.2) is 48.6 Å². The van der Waals surface area contributed by atoms with Gasteiger partial charge in [-0.1, -0.05) is 30.3 Å². The molecule has 1 amide bonds. The molecule has 1 heterocycles. The van der Waals surface area contributed by atoms with Crippen molar-refractivity contribution in [1.29, 1.82) is 0 Å². The average molecular weight is 440 g/mol. The SMILES string of the molecule is C=C(C)C(=O)NC(C)c1nc2ccccc2n1CCCCOc1cc(C)c(Cl)c(C)c1. The molecule has 3 aromatic rings. The number of ether oxygens (including phenoxy) is 1. The topological polar surface area (TPSA) is 56.2 Å².